The molecule has 0 atom stereocenters. The highest BCUT2D eigenvalue weighted by Gasteiger charge is 2.07. The molecular formula is C18H17N7. The molecule has 0 radical (unpaired) electrons. The van der Waals surface area contributed by atoms with Crippen LogP contribution >= 0.6 is 0 Å². The van der Waals surface area contributed by atoms with Crippen LogP contribution in [0.25, 0.3) is 29.2 Å². The number of rotatable bonds is 3. The van der Waals surface area contributed by atoms with Crippen LogP contribution in [0, 0.1) is 13.8 Å². The second kappa shape index (κ2) is 5.94. The van der Waals surface area contributed by atoms with Crippen molar-refractivity contribution in [3.63, 3.8) is 0 Å². The van der Waals surface area contributed by atoms with Gasteiger partial charge in [0.15, 0.2) is 0 Å². The lowest BCUT2D eigenvalue weighted by molar-refractivity contribution is 0.898. The summed E-state index contributed by atoms with van der Waals surface area (Å²) in [6.07, 6.45) is 12.8. The molecule has 0 spiro atoms. The van der Waals surface area contributed by atoms with Crippen molar-refractivity contribution in [3.05, 3.63) is 60.1 Å². The number of imidazole rings is 2. The SMILES string of the molecule is Cc1cc(C)n2cc(/C=C/c3nc(-c4cncnc4)cn3C)nc2n1. The van der Waals surface area contributed by atoms with Gasteiger partial charge in [0.05, 0.1) is 11.4 Å². The first kappa shape index (κ1) is 15.2. The third-order valence-corrected chi connectivity index (χ3v) is 3.95. The van der Waals surface area contributed by atoms with E-state index in [1.807, 2.05) is 60.5 Å². The third-order valence-electron chi connectivity index (χ3n) is 3.95. The quantitative estimate of drug-likeness (QED) is 0.577. The molecule has 0 aliphatic rings. The molecule has 124 valence electrons. The fourth-order valence-electron chi connectivity index (χ4n) is 2.73. The zero-order chi connectivity index (χ0) is 17.4. The first-order valence-corrected chi connectivity index (χ1v) is 7.90. The second-order valence-corrected chi connectivity index (χ2v) is 5.93. The molecule has 4 aromatic rings. The average molecular weight is 331 g/mol. The van der Waals surface area contributed by atoms with Crippen LogP contribution in [0.1, 0.15) is 22.9 Å². The summed E-state index contributed by atoms with van der Waals surface area (Å²) in [5, 5.41) is 0. The number of fused-ring (bicyclic) bond motifs is 1. The number of hydrogen-bond donors (Lipinski definition) is 0. The van der Waals surface area contributed by atoms with Crippen molar-refractivity contribution in [1.29, 1.82) is 0 Å². The van der Waals surface area contributed by atoms with Gasteiger partial charge in [-0.3, -0.25) is 4.40 Å². The van der Waals surface area contributed by atoms with Crippen molar-refractivity contribution >= 4 is 17.9 Å². The number of hydrogen-bond acceptors (Lipinski definition) is 5. The molecule has 0 bridgehead atoms. The van der Waals surface area contributed by atoms with E-state index < -0.39 is 0 Å². The van der Waals surface area contributed by atoms with Crippen molar-refractivity contribution in [2.75, 3.05) is 0 Å². The monoisotopic (exact) mass is 331 g/mol. The average Bonchev–Trinajstić information content (AvgIpc) is 3.17. The molecular weight excluding hydrogens is 314 g/mol. The molecule has 7 nitrogen and oxygen atoms in total. The van der Waals surface area contributed by atoms with Gasteiger partial charge in [0, 0.05) is 48.8 Å². The van der Waals surface area contributed by atoms with Gasteiger partial charge in [-0.05, 0) is 32.1 Å². The minimum Gasteiger partial charge on any atom is -0.334 e. The Bertz CT molecular complexity index is 1070. The minimum atomic E-state index is 0.708. The molecule has 0 saturated heterocycles. The third kappa shape index (κ3) is 2.91. The molecule has 4 heterocycles. The molecule has 7 heteroatoms. The largest absolute Gasteiger partial charge is 0.334 e. The van der Waals surface area contributed by atoms with E-state index in [1.54, 1.807) is 12.4 Å². The molecule has 0 unspecified atom stereocenters. The maximum absolute atomic E-state index is 4.63. The van der Waals surface area contributed by atoms with Gasteiger partial charge >= 0.3 is 0 Å². The molecule has 0 saturated carbocycles. The van der Waals surface area contributed by atoms with E-state index in [-0.39, 0.29) is 0 Å². The highest BCUT2D eigenvalue weighted by Crippen LogP contribution is 2.17. The molecule has 0 aliphatic carbocycles. The summed E-state index contributed by atoms with van der Waals surface area (Å²) in [7, 11) is 1.96. The Morgan fingerprint density at radius 1 is 0.960 bits per heavy atom. The van der Waals surface area contributed by atoms with Crippen LogP contribution in [0.4, 0.5) is 0 Å². The minimum absolute atomic E-state index is 0.708. The summed E-state index contributed by atoms with van der Waals surface area (Å²) in [4.78, 5) is 21.7. The summed E-state index contributed by atoms with van der Waals surface area (Å²) >= 11 is 0. The van der Waals surface area contributed by atoms with Crippen molar-refractivity contribution < 1.29 is 0 Å². The Morgan fingerprint density at radius 3 is 2.56 bits per heavy atom. The molecule has 25 heavy (non-hydrogen) atoms. The number of nitrogens with zero attached hydrogens (tertiary/aromatic N) is 7. The maximum Gasteiger partial charge on any atom is 0.234 e. The van der Waals surface area contributed by atoms with Crippen molar-refractivity contribution in [1.82, 2.24) is 33.9 Å². The van der Waals surface area contributed by atoms with E-state index in [0.29, 0.717) is 5.78 Å². The first-order chi connectivity index (χ1) is 12.1. The van der Waals surface area contributed by atoms with E-state index >= 15 is 0 Å². The van der Waals surface area contributed by atoms with Crippen LogP contribution in [0.3, 0.4) is 0 Å². The fourth-order valence-corrected chi connectivity index (χ4v) is 2.73. The fraction of sp³-hybridized carbons (Fsp3) is 0.167. The zero-order valence-electron chi connectivity index (χ0n) is 14.2. The highest BCUT2D eigenvalue weighted by molar-refractivity contribution is 5.68. The molecule has 0 aromatic carbocycles. The summed E-state index contributed by atoms with van der Waals surface area (Å²) in [5.41, 5.74) is 4.64. The van der Waals surface area contributed by atoms with Crippen LogP contribution in [0.5, 0.6) is 0 Å². The topological polar surface area (TPSA) is 73.8 Å². The summed E-state index contributed by atoms with van der Waals surface area (Å²) < 4.78 is 3.94. The van der Waals surface area contributed by atoms with E-state index in [1.165, 1.54) is 6.33 Å². The van der Waals surface area contributed by atoms with Crippen molar-refractivity contribution in [2.45, 2.75) is 13.8 Å². The molecule has 0 fully saturated rings. The van der Waals surface area contributed by atoms with E-state index in [4.69, 9.17) is 0 Å². The van der Waals surface area contributed by atoms with Gasteiger partial charge in [-0.1, -0.05) is 0 Å². The van der Waals surface area contributed by atoms with Crippen molar-refractivity contribution in [2.24, 2.45) is 7.05 Å². The molecule has 4 rings (SSSR count). The van der Waals surface area contributed by atoms with Gasteiger partial charge in [0.2, 0.25) is 5.78 Å². The normalized spacial score (nSPS) is 11.6. The van der Waals surface area contributed by atoms with E-state index in [9.17, 15) is 0 Å². The Balaban J connectivity index is 1.66. The maximum atomic E-state index is 4.63. The second-order valence-electron chi connectivity index (χ2n) is 5.93. The summed E-state index contributed by atoms with van der Waals surface area (Å²) in [6, 6.07) is 2.04. The van der Waals surface area contributed by atoms with E-state index in [0.717, 1.165) is 34.2 Å². The Hall–Kier alpha value is -3.35. The van der Waals surface area contributed by atoms with Crippen molar-refractivity contribution in [3.8, 4) is 11.3 Å². The number of aryl methyl sites for hydroxylation is 3. The highest BCUT2D eigenvalue weighted by atomic mass is 15.1. The molecule has 0 aliphatic heterocycles. The predicted octanol–water partition coefficient (Wildman–Crippen LogP) is 2.71. The molecule has 4 aromatic heterocycles. The number of aromatic nitrogens is 7. The standard InChI is InChI=1S/C18H17N7/c1-12-6-13(2)25-9-15(22-18(25)21-12)4-5-17-23-16(10-24(17)3)14-7-19-11-20-8-14/h4-11H,1-3H3/b5-4+. The Kier molecular flexibility index (Phi) is 3.61. The van der Waals surface area contributed by atoms with Crippen LogP contribution in [0.15, 0.2) is 37.2 Å². The van der Waals surface area contributed by atoms with Gasteiger partial charge < -0.3 is 4.57 Å². The Morgan fingerprint density at radius 2 is 1.76 bits per heavy atom. The first-order valence-electron chi connectivity index (χ1n) is 7.90. The molecule has 0 N–H and O–H groups in total. The van der Waals surface area contributed by atoms with Gasteiger partial charge in [-0.25, -0.2) is 24.9 Å². The van der Waals surface area contributed by atoms with Gasteiger partial charge in [0.25, 0.3) is 0 Å². The lowest BCUT2D eigenvalue weighted by Crippen LogP contribution is -1.94. The summed E-state index contributed by atoms with van der Waals surface area (Å²) in [5.74, 6) is 1.54. The van der Waals surface area contributed by atoms with E-state index in [2.05, 4.69) is 24.9 Å². The zero-order valence-corrected chi connectivity index (χ0v) is 14.2. The lowest BCUT2D eigenvalue weighted by atomic mass is 10.3. The van der Waals surface area contributed by atoms with Crippen LogP contribution in [-0.4, -0.2) is 33.9 Å². The van der Waals surface area contributed by atoms with Gasteiger partial charge in [-0.2, -0.15) is 0 Å². The van der Waals surface area contributed by atoms with Gasteiger partial charge in [-0.15, -0.1) is 0 Å². The van der Waals surface area contributed by atoms with Crippen LogP contribution < -0.4 is 0 Å². The van der Waals surface area contributed by atoms with Crippen LogP contribution in [-0.2, 0) is 7.05 Å². The van der Waals surface area contributed by atoms with Gasteiger partial charge in [0.1, 0.15) is 12.2 Å². The summed E-state index contributed by atoms with van der Waals surface area (Å²) in [6.45, 7) is 4.02. The molecule has 0 amide bonds. The van der Waals surface area contributed by atoms with Crippen LogP contribution in [0.2, 0.25) is 0 Å². The predicted molar refractivity (Wildman–Crippen MR) is 95.6 cm³/mol. The lowest BCUT2D eigenvalue weighted by Gasteiger charge is -1.98. The smallest absolute Gasteiger partial charge is 0.234 e. The Labute approximate surface area is 144 Å².